The summed E-state index contributed by atoms with van der Waals surface area (Å²) in [4.78, 5) is 28.2. The zero-order valence-corrected chi connectivity index (χ0v) is 18.2. The Hall–Kier alpha value is -3.82. The number of benzene rings is 2. The second-order valence-electron chi connectivity index (χ2n) is 8.20. The summed E-state index contributed by atoms with van der Waals surface area (Å²) in [5.74, 6) is -2.07. The summed E-state index contributed by atoms with van der Waals surface area (Å²) in [6, 6.07) is 9.20. The zero-order valence-electron chi connectivity index (χ0n) is 18.2. The summed E-state index contributed by atoms with van der Waals surface area (Å²) >= 11 is 0. The van der Waals surface area contributed by atoms with Crippen LogP contribution in [0.3, 0.4) is 0 Å². The van der Waals surface area contributed by atoms with Gasteiger partial charge < -0.3 is 10.1 Å². The smallest absolute Gasteiger partial charge is 0.419 e. The van der Waals surface area contributed by atoms with Crippen molar-refractivity contribution in [3.05, 3.63) is 83.1 Å². The molecule has 1 saturated carbocycles. The monoisotopic (exact) mass is 490 g/mol. The molecular weight excluding hydrogens is 471 g/mol. The summed E-state index contributed by atoms with van der Waals surface area (Å²) in [5.41, 5.74) is -1.44. The third kappa shape index (κ3) is 6.40. The molecule has 0 radical (unpaired) electrons. The van der Waals surface area contributed by atoms with Gasteiger partial charge in [-0.05, 0) is 48.2 Å². The van der Waals surface area contributed by atoms with E-state index in [1.54, 1.807) is 0 Å². The molecule has 0 spiro atoms. The first-order valence-corrected chi connectivity index (χ1v) is 10.7. The van der Waals surface area contributed by atoms with Crippen LogP contribution in [-0.2, 0) is 28.6 Å². The predicted molar refractivity (Wildman–Crippen MR) is 116 cm³/mol. The lowest BCUT2D eigenvalue weighted by atomic mass is 10.0. The van der Waals surface area contributed by atoms with Crippen LogP contribution in [0, 0.1) is 17.6 Å². The van der Waals surface area contributed by atoms with Crippen molar-refractivity contribution in [2.75, 3.05) is 5.32 Å². The fourth-order valence-electron chi connectivity index (χ4n) is 3.39. The zero-order chi connectivity index (χ0) is 25.2. The molecule has 0 atom stereocenters. The third-order valence-corrected chi connectivity index (χ3v) is 5.32. The number of nitrogens with zero attached hydrogens (tertiary/aromatic N) is 1. The highest BCUT2D eigenvalue weighted by molar-refractivity contribution is 5.93. The van der Waals surface area contributed by atoms with Crippen molar-refractivity contribution in [2.24, 2.45) is 5.92 Å². The van der Waals surface area contributed by atoms with Gasteiger partial charge >= 0.3 is 6.18 Å². The Kier molecular flexibility index (Phi) is 6.81. The van der Waals surface area contributed by atoms with Crippen molar-refractivity contribution >= 4 is 17.5 Å². The number of carbonyl (C=O) groups excluding carboxylic acids is 2. The van der Waals surface area contributed by atoms with Crippen molar-refractivity contribution in [1.29, 1.82) is 0 Å². The first kappa shape index (κ1) is 24.3. The van der Waals surface area contributed by atoms with Gasteiger partial charge in [0.2, 0.25) is 5.91 Å². The molecule has 4 rings (SSSR count). The number of ether oxygens (including phenoxy) is 1. The summed E-state index contributed by atoms with van der Waals surface area (Å²) in [6.45, 7) is 0. The quantitative estimate of drug-likeness (QED) is 0.401. The van der Waals surface area contributed by atoms with Gasteiger partial charge in [-0.3, -0.25) is 9.59 Å². The number of rotatable bonds is 8. The maximum atomic E-state index is 14.6. The molecule has 2 aromatic carbocycles. The topological polar surface area (TPSA) is 68.3 Å². The molecular formula is C25H19F5N2O3. The Morgan fingerprint density at radius 2 is 1.69 bits per heavy atom. The number of pyridine rings is 1. The highest BCUT2D eigenvalue weighted by atomic mass is 19.4. The molecule has 1 amide bonds. The summed E-state index contributed by atoms with van der Waals surface area (Å²) in [7, 11) is 0. The van der Waals surface area contributed by atoms with Crippen LogP contribution in [0.15, 0.2) is 54.7 Å². The fraction of sp³-hybridized carbons (Fsp3) is 0.240. The molecule has 35 heavy (non-hydrogen) atoms. The molecule has 3 aromatic rings. The number of hydrogen-bond donors (Lipinski definition) is 1. The van der Waals surface area contributed by atoms with E-state index >= 15 is 0 Å². The SMILES string of the molecule is O=C(Cc1ccc(F)c(C(F)(F)F)c1)Cc1ccc(Oc2ccnc(NC(=O)C3CC3)c2)cc1F. The minimum Gasteiger partial charge on any atom is -0.457 e. The molecule has 10 heteroatoms. The highest BCUT2D eigenvalue weighted by Gasteiger charge is 2.34. The van der Waals surface area contributed by atoms with Gasteiger partial charge in [-0.1, -0.05) is 12.1 Å². The van der Waals surface area contributed by atoms with Crippen LogP contribution in [0.25, 0.3) is 0 Å². The van der Waals surface area contributed by atoms with Crippen molar-refractivity contribution in [3.8, 4) is 11.5 Å². The molecule has 1 aliphatic carbocycles. The number of carbonyl (C=O) groups is 2. The normalized spacial score (nSPS) is 13.4. The summed E-state index contributed by atoms with van der Waals surface area (Å²) in [6.07, 6.45) is -2.54. The van der Waals surface area contributed by atoms with Crippen LogP contribution in [-0.4, -0.2) is 16.7 Å². The molecule has 0 unspecified atom stereocenters. The van der Waals surface area contributed by atoms with Crippen molar-refractivity contribution in [1.82, 2.24) is 4.98 Å². The first-order valence-electron chi connectivity index (χ1n) is 10.7. The number of aromatic nitrogens is 1. The maximum absolute atomic E-state index is 14.6. The van der Waals surface area contributed by atoms with E-state index in [1.807, 2.05) is 0 Å². The molecule has 0 saturated heterocycles. The molecule has 1 aliphatic rings. The van der Waals surface area contributed by atoms with E-state index in [4.69, 9.17) is 4.74 Å². The molecule has 0 aliphatic heterocycles. The standard InChI is InChI=1S/C25H19F5N2O3/c26-21-6-1-14(10-20(21)25(28,29)30)9-17(33)11-16-4-5-18(12-22(16)27)35-19-7-8-31-23(13-19)32-24(34)15-2-3-15/h1,4-8,10,12-13,15H,2-3,9,11H2,(H,31,32,34). The van der Waals surface area contributed by atoms with E-state index in [2.05, 4.69) is 10.3 Å². The van der Waals surface area contributed by atoms with Gasteiger partial charge in [0.25, 0.3) is 0 Å². The minimum absolute atomic E-state index is 0.000437. The number of hydrogen-bond acceptors (Lipinski definition) is 4. The van der Waals surface area contributed by atoms with Gasteiger partial charge in [0, 0.05) is 37.1 Å². The fourth-order valence-corrected chi connectivity index (χ4v) is 3.39. The number of ketones is 1. The largest absolute Gasteiger partial charge is 0.457 e. The molecule has 182 valence electrons. The van der Waals surface area contributed by atoms with Gasteiger partial charge in [0.1, 0.15) is 34.7 Å². The van der Waals surface area contributed by atoms with E-state index in [9.17, 15) is 31.5 Å². The van der Waals surface area contributed by atoms with E-state index in [1.165, 1.54) is 30.5 Å². The number of Topliss-reactive ketones (excluding diaryl/α,β-unsaturated/α-hetero) is 1. The molecule has 1 heterocycles. The van der Waals surface area contributed by atoms with Crippen LogP contribution < -0.4 is 10.1 Å². The van der Waals surface area contributed by atoms with Gasteiger partial charge in [-0.25, -0.2) is 13.8 Å². The Balaban J connectivity index is 1.39. The van der Waals surface area contributed by atoms with Crippen molar-refractivity contribution in [3.63, 3.8) is 0 Å². The number of nitrogens with one attached hydrogen (secondary N) is 1. The van der Waals surface area contributed by atoms with Crippen LogP contribution in [0.2, 0.25) is 0 Å². The van der Waals surface area contributed by atoms with Gasteiger partial charge in [0.05, 0.1) is 5.56 Å². The van der Waals surface area contributed by atoms with Gasteiger partial charge in [-0.2, -0.15) is 13.2 Å². The van der Waals surface area contributed by atoms with Crippen LogP contribution in [0.4, 0.5) is 27.8 Å². The number of amides is 1. The third-order valence-electron chi connectivity index (χ3n) is 5.32. The van der Waals surface area contributed by atoms with Gasteiger partial charge in [0.15, 0.2) is 0 Å². The van der Waals surface area contributed by atoms with E-state index in [-0.39, 0.29) is 35.1 Å². The van der Waals surface area contributed by atoms with Crippen molar-refractivity contribution < 1.29 is 36.3 Å². The van der Waals surface area contributed by atoms with E-state index in [0.29, 0.717) is 23.7 Å². The van der Waals surface area contributed by atoms with Gasteiger partial charge in [-0.15, -0.1) is 0 Å². The molecule has 1 N–H and O–H groups in total. The second kappa shape index (κ2) is 9.81. The lowest BCUT2D eigenvalue weighted by Crippen LogP contribution is -2.14. The molecule has 1 aromatic heterocycles. The highest BCUT2D eigenvalue weighted by Crippen LogP contribution is 2.33. The average molecular weight is 490 g/mol. The van der Waals surface area contributed by atoms with Crippen LogP contribution in [0.1, 0.15) is 29.5 Å². The lowest BCUT2D eigenvalue weighted by molar-refractivity contribution is -0.140. The minimum atomic E-state index is -4.89. The Morgan fingerprint density at radius 1 is 0.943 bits per heavy atom. The maximum Gasteiger partial charge on any atom is 0.419 e. The Labute approximate surface area is 196 Å². The lowest BCUT2D eigenvalue weighted by Gasteiger charge is -2.11. The number of alkyl halides is 3. The molecule has 1 fully saturated rings. The molecule has 0 bridgehead atoms. The average Bonchev–Trinajstić information content (AvgIpc) is 3.62. The molecule has 5 nitrogen and oxygen atoms in total. The number of anilines is 1. The van der Waals surface area contributed by atoms with E-state index < -0.39 is 35.6 Å². The summed E-state index contributed by atoms with van der Waals surface area (Å²) in [5, 5.41) is 2.68. The van der Waals surface area contributed by atoms with Crippen LogP contribution in [0.5, 0.6) is 11.5 Å². The second-order valence-corrected chi connectivity index (χ2v) is 8.20. The van der Waals surface area contributed by atoms with Crippen LogP contribution >= 0.6 is 0 Å². The predicted octanol–water partition coefficient (Wildman–Crippen LogP) is 5.87. The first-order chi connectivity index (χ1) is 16.6. The Bertz CT molecular complexity index is 1270. The number of halogens is 5. The Morgan fingerprint density at radius 3 is 2.37 bits per heavy atom. The van der Waals surface area contributed by atoms with Crippen molar-refractivity contribution in [2.45, 2.75) is 31.9 Å². The summed E-state index contributed by atoms with van der Waals surface area (Å²) < 4.78 is 72.2. The van der Waals surface area contributed by atoms with E-state index in [0.717, 1.165) is 25.0 Å².